The second-order valence-corrected chi connectivity index (χ2v) is 5.54. The van der Waals surface area contributed by atoms with Crippen molar-refractivity contribution in [1.29, 1.82) is 0 Å². The molecular weight excluding hydrogens is 279 g/mol. The van der Waals surface area contributed by atoms with Crippen LogP contribution in [0.25, 0.3) is 5.69 Å². The van der Waals surface area contributed by atoms with Gasteiger partial charge in [0.05, 0.1) is 11.4 Å². The van der Waals surface area contributed by atoms with Gasteiger partial charge in [0.25, 0.3) is 0 Å². The topological polar surface area (TPSA) is 33.1 Å². The number of fused-ring (bicyclic) bond motifs is 1. The summed E-state index contributed by atoms with van der Waals surface area (Å²) in [4.78, 5) is 2.34. The number of halogens is 1. The van der Waals surface area contributed by atoms with Crippen molar-refractivity contribution in [2.24, 2.45) is 0 Å². The molecule has 0 bridgehead atoms. The molecule has 5 heteroatoms. The quantitative estimate of drug-likeness (QED) is 0.860. The minimum atomic E-state index is -0.239. The van der Waals surface area contributed by atoms with Gasteiger partial charge in [0, 0.05) is 38.2 Å². The first-order chi connectivity index (χ1) is 10.7. The first-order valence-electron chi connectivity index (χ1n) is 7.57. The summed E-state index contributed by atoms with van der Waals surface area (Å²) in [6.45, 7) is 7.14. The molecule has 4 nitrogen and oxygen atoms in total. The van der Waals surface area contributed by atoms with Gasteiger partial charge in [-0.05, 0) is 19.2 Å². The summed E-state index contributed by atoms with van der Waals surface area (Å²) in [6, 6.07) is 6.81. The highest BCUT2D eigenvalue weighted by Gasteiger charge is 2.25. The van der Waals surface area contributed by atoms with Crippen molar-refractivity contribution >= 4 is 0 Å². The van der Waals surface area contributed by atoms with Gasteiger partial charge in [0.15, 0.2) is 0 Å². The van der Waals surface area contributed by atoms with Crippen LogP contribution in [-0.4, -0.2) is 34.8 Å². The van der Waals surface area contributed by atoms with Crippen LogP contribution in [0.1, 0.15) is 17.0 Å². The second kappa shape index (κ2) is 6.42. The Morgan fingerprint density at radius 3 is 2.95 bits per heavy atom. The van der Waals surface area contributed by atoms with Crippen LogP contribution in [0.5, 0.6) is 0 Å². The molecule has 2 aromatic rings. The third-order valence-electron chi connectivity index (χ3n) is 4.03. The van der Waals surface area contributed by atoms with Crippen LogP contribution in [0.15, 0.2) is 36.9 Å². The lowest BCUT2D eigenvalue weighted by atomic mass is 10.0. The summed E-state index contributed by atoms with van der Waals surface area (Å²) < 4.78 is 15.9. The van der Waals surface area contributed by atoms with E-state index >= 15 is 0 Å². The summed E-state index contributed by atoms with van der Waals surface area (Å²) >= 11 is 0. The first kappa shape index (κ1) is 14.9. The Balaban J connectivity index is 2.05. The third kappa shape index (κ3) is 2.69. The Labute approximate surface area is 130 Å². The molecule has 116 valence electrons. The monoisotopic (exact) mass is 300 g/mol. The Hall–Kier alpha value is -1.98. The number of rotatable bonds is 5. The maximum Gasteiger partial charge on any atom is 0.148 e. The van der Waals surface area contributed by atoms with E-state index in [-0.39, 0.29) is 5.82 Å². The minimum Gasteiger partial charge on any atom is -0.314 e. The van der Waals surface area contributed by atoms with Crippen molar-refractivity contribution in [3.8, 4) is 5.69 Å². The second-order valence-electron chi connectivity index (χ2n) is 5.54. The molecule has 0 saturated carbocycles. The molecule has 0 atom stereocenters. The van der Waals surface area contributed by atoms with Gasteiger partial charge >= 0.3 is 0 Å². The van der Waals surface area contributed by atoms with Crippen LogP contribution < -0.4 is 5.32 Å². The lowest BCUT2D eigenvalue weighted by Crippen LogP contribution is -2.31. The normalized spacial score (nSPS) is 14.8. The summed E-state index contributed by atoms with van der Waals surface area (Å²) in [6.07, 6.45) is 2.79. The molecule has 0 fully saturated rings. The number of hydrogen-bond donors (Lipinski definition) is 1. The van der Waals surface area contributed by atoms with Crippen molar-refractivity contribution < 1.29 is 4.39 Å². The fourth-order valence-electron chi connectivity index (χ4n) is 3.01. The van der Waals surface area contributed by atoms with Gasteiger partial charge in [-0.3, -0.25) is 4.90 Å². The van der Waals surface area contributed by atoms with Crippen LogP contribution in [0.2, 0.25) is 0 Å². The minimum absolute atomic E-state index is 0.239. The number of benzene rings is 1. The SMILES string of the molecule is C=CCN1CCc2c(c(CNC)nn2-c2ccccc2F)C1. The van der Waals surface area contributed by atoms with E-state index in [0.29, 0.717) is 12.2 Å². The largest absolute Gasteiger partial charge is 0.314 e. The van der Waals surface area contributed by atoms with E-state index in [2.05, 4.69) is 21.9 Å². The zero-order chi connectivity index (χ0) is 15.5. The van der Waals surface area contributed by atoms with Crippen molar-refractivity contribution in [3.63, 3.8) is 0 Å². The van der Waals surface area contributed by atoms with Crippen LogP contribution >= 0.6 is 0 Å². The number of nitrogens with zero attached hydrogens (tertiary/aromatic N) is 3. The molecule has 0 radical (unpaired) electrons. The highest BCUT2D eigenvalue weighted by molar-refractivity contribution is 5.40. The molecule has 3 rings (SSSR count). The summed E-state index contributed by atoms with van der Waals surface area (Å²) in [5.41, 5.74) is 3.86. The predicted octanol–water partition coefficient (Wildman–Crippen LogP) is 2.27. The van der Waals surface area contributed by atoms with Gasteiger partial charge in [-0.1, -0.05) is 18.2 Å². The maximum absolute atomic E-state index is 14.1. The summed E-state index contributed by atoms with van der Waals surface area (Å²) in [7, 11) is 1.90. The zero-order valence-corrected chi connectivity index (χ0v) is 12.8. The molecule has 1 aromatic carbocycles. The Bertz CT molecular complexity index is 677. The smallest absolute Gasteiger partial charge is 0.148 e. The van der Waals surface area contributed by atoms with Crippen molar-refractivity contribution in [3.05, 3.63) is 59.7 Å². The summed E-state index contributed by atoms with van der Waals surface area (Å²) in [5, 5.41) is 7.82. The predicted molar refractivity (Wildman–Crippen MR) is 85.5 cm³/mol. The third-order valence-corrected chi connectivity index (χ3v) is 4.03. The molecular formula is C17H21FN4. The van der Waals surface area contributed by atoms with Gasteiger partial charge in [-0.15, -0.1) is 6.58 Å². The zero-order valence-electron chi connectivity index (χ0n) is 12.8. The van der Waals surface area contributed by atoms with Gasteiger partial charge in [0.1, 0.15) is 11.5 Å². The molecule has 2 heterocycles. The van der Waals surface area contributed by atoms with E-state index in [4.69, 9.17) is 0 Å². The molecule has 1 N–H and O–H groups in total. The molecule has 0 spiro atoms. The van der Waals surface area contributed by atoms with Gasteiger partial charge in [-0.2, -0.15) is 5.10 Å². The van der Waals surface area contributed by atoms with Crippen LogP contribution in [-0.2, 0) is 19.5 Å². The Morgan fingerprint density at radius 2 is 2.23 bits per heavy atom. The number of aromatic nitrogens is 2. The molecule has 1 aromatic heterocycles. The van der Waals surface area contributed by atoms with E-state index in [1.165, 1.54) is 11.6 Å². The van der Waals surface area contributed by atoms with E-state index in [0.717, 1.165) is 37.4 Å². The fraction of sp³-hybridized carbons (Fsp3) is 0.353. The fourth-order valence-corrected chi connectivity index (χ4v) is 3.01. The molecule has 1 aliphatic heterocycles. The Morgan fingerprint density at radius 1 is 1.41 bits per heavy atom. The lowest BCUT2D eigenvalue weighted by Gasteiger charge is -2.26. The first-order valence-corrected chi connectivity index (χ1v) is 7.57. The van der Waals surface area contributed by atoms with E-state index in [1.807, 2.05) is 19.2 Å². The van der Waals surface area contributed by atoms with Crippen molar-refractivity contribution in [2.45, 2.75) is 19.5 Å². The Kier molecular flexibility index (Phi) is 4.36. The van der Waals surface area contributed by atoms with Crippen LogP contribution in [0, 0.1) is 5.82 Å². The molecule has 0 amide bonds. The highest BCUT2D eigenvalue weighted by Crippen LogP contribution is 2.26. The number of nitrogens with one attached hydrogen (secondary N) is 1. The molecule has 0 unspecified atom stereocenters. The highest BCUT2D eigenvalue weighted by atomic mass is 19.1. The average Bonchev–Trinajstić information content (AvgIpc) is 2.87. The standard InChI is InChI=1S/C17H21FN4/c1-3-9-21-10-8-16-13(12-21)15(11-19-2)20-22(16)17-7-5-4-6-14(17)18/h3-7,19H,1,8-12H2,2H3. The van der Waals surface area contributed by atoms with Crippen LogP contribution in [0.4, 0.5) is 4.39 Å². The van der Waals surface area contributed by atoms with Crippen molar-refractivity contribution in [2.75, 3.05) is 20.1 Å². The lowest BCUT2D eigenvalue weighted by molar-refractivity contribution is 0.278. The molecule has 1 aliphatic rings. The molecule has 0 aliphatic carbocycles. The summed E-state index contributed by atoms with van der Waals surface area (Å²) in [5.74, 6) is -0.239. The molecule has 22 heavy (non-hydrogen) atoms. The van der Waals surface area contributed by atoms with Gasteiger partial charge in [-0.25, -0.2) is 9.07 Å². The van der Waals surface area contributed by atoms with Gasteiger partial charge in [0.2, 0.25) is 0 Å². The van der Waals surface area contributed by atoms with Crippen molar-refractivity contribution in [1.82, 2.24) is 20.0 Å². The van der Waals surface area contributed by atoms with E-state index in [9.17, 15) is 4.39 Å². The number of hydrogen-bond acceptors (Lipinski definition) is 3. The maximum atomic E-state index is 14.1. The van der Waals surface area contributed by atoms with Crippen LogP contribution in [0.3, 0.4) is 0 Å². The van der Waals surface area contributed by atoms with E-state index < -0.39 is 0 Å². The molecule has 0 saturated heterocycles. The van der Waals surface area contributed by atoms with Gasteiger partial charge < -0.3 is 5.32 Å². The van der Waals surface area contributed by atoms with E-state index in [1.54, 1.807) is 16.8 Å². The number of para-hydroxylation sites is 1. The average molecular weight is 300 g/mol.